The third-order valence-corrected chi connectivity index (χ3v) is 4.01. The fourth-order valence-corrected chi connectivity index (χ4v) is 2.65. The highest BCUT2D eigenvalue weighted by Gasteiger charge is 2.25. The molecule has 0 aromatic rings. The number of nitrogens with two attached hydrogens (primary N) is 1. The Kier molecular flexibility index (Phi) is 2.54. The van der Waals surface area contributed by atoms with Gasteiger partial charge in [0.15, 0.2) is 0 Å². The number of hydrogen-bond acceptors (Lipinski definition) is 3. The van der Waals surface area contributed by atoms with Gasteiger partial charge in [-0.05, 0) is 25.7 Å². The van der Waals surface area contributed by atoms with Crippen molar-refractivity contribution in [2.45, 2.75) is 37.0 Å². The van der Waals surface area contributed by atoms with Gasteiger partial charge in [-0.1, -0.05) is 0 Å². The molecule has 0 heterocycles. The average Bonchev–Trinajstić information content (AvgIpc) is 1.86. The maximum Gasteiger partial charge on any atom is 0.150 e. The Labute approximate surface area is 67.9 Å². The minimum atomic E-state index is -2.80. The standard InChI is InChI=1S/C7H15NO2S/c1-11(9,10)7-4-2-6(8)3-5-7/h6-7H,2-5,8H2,1H3. The molecule has 1 fully saturated rings. The summed E-state index contributed by atoms with van der Waals surface area (Å²) >= 11 is 0. The van der Waals surface area contributed by atoms with E-state index < -0.39 is 9.84 Å². The van der Waals surface area contributed by atoms with Crippen molar-refractivity contribution in [3.05, 3.63) is 0 Å². The van der Waals surface area contributed by atoms with Gasteiger partial charge in [-0.15, -0.1) is 0 Å². The van der Waals surface area contributed by atoms with Gasteiger partial charge in [0.2, 0.25) is 0 Å². The topological polar surface area (TPSA) is 60.2 Å². The molecule has 3 nitrogen and oxygen atoms in total. The maximum atomic E-state index is 11.1. The summed E-state index contributed by atoms with van der Waals surface area (Å²) in [5.74, 6) is 0. The first kappa shape index (κ1) is 9.00. The number of hydrogen-bond donors (Lipinski definition) is 1. The van der Waals surface area contributed by atoms with Crippen LogP contribution in [0.15, 0.2) is 0 Å². The third-order valence-electron chi connectivity index (χ3n) is 2.32. The summed E-state index contributed by atoms with van der Waals surface area (Å²) in [5.41, 5.74) is 5.65. The maximum absolute atomic E-state index is 11.1. The van der Waals surface area contributed by atoms with Gasteiger partial charge < -0.3 is 5.73 Å². The minimum Gasteiger partial charge on any atom is -0.328 e. The fourth-order valence-electron chi connectivity index (χ4n) is 1.52. The molecular weight excluding hydrogens is 162 g/mol. The van der Waals surface area contributed by atoms with Crippen LogP contribution >= 0.6 is 0 Å². The van der Waals surface area contributed by atoms with Crippen LogP contribution in [0.5, 0.6) is 0 Å². The van der Waals surface area contributed by atoms with Crippen LogP contribution in [0.3, 0.4) is 0 Å². The molecule has 1 rings (SSSR count). The van der Waals surface area contributed by atoms with E-state index in [2.05, 4.69) is 0 Å². The highest BCUT2D eigenvalue weighted by molar-refractivity contribution is 7.91. The number of sulfone groups is 1. The summed E-state index contributed by atoms with van der Waals surface area (Å²) < 4.78 is 22.1. The SMILES string of the molecule is CS(=O)(=O)C1CCC(N)CC1. The summed E-state index contributed by atoms with van der Waals surface area (Å²) in [6.07, 6.45) is 4.53. The molecule has 0 aliphatic heterocycles. The molecule has 0 atom stereocenters. The van der Waals surface area contributed by atoms with Crippen LogP contribution in [0.1, 0.15) is 25.7 Å². The summed E-state index contributed by atoms with van der Waals surface area (Å²) in [6.45, 7) is 0. The van der Waals surface area contributed by atoms with E-state index in [-0.39, 0.29) is 11.3 Å². The molecule has 0 unspecified atom stereocenters. The van der Waals surface area contributed by atoms with E-state index in [0.717, 1.165) is 25.7 Å². The molecule has 1 aliphatic carbocycles. The molecule has 0 spiro atoms. The summed E-state index contributed by atoms with van der Waals surface area (Å²) in [5, 5.41) is -0.123. The predicted octanol–water partition coefficient (Wildman–Crippen LogP) is 0.301. The van der Waals surface area contributed by atoms with Crippen molar-refractivity contribution in [2.24, 2.45) is 5.73 Å². The van der Waals surface area contributed by atoms with Crippen molar-refractivity contribution in [1.82, 2.24) is 0 Å². The smallest absolute Gasteiger partial charge is 0.150 e. The number of rotatable bonds is 1. The van der Waals surface area contributed by atoms with E-state index in [0.29, 0.717) is 0 Å². The zero-order chi connectivity index (χ0) is 8.48. The van der Waals surface area contributed by atoms with Crippen LogP contribution < -0.4 is 5.73 Å². The van der Waals surface area contributed by atoms with Gasteiger partial charge in [0.1, 0.15) is 9.84 Å². The van der Waals surface area contributed by atoms with Crippen molar-refractivity contribution in [1.29, 1.82) is 0 Å². The van der Waals surface area contributed by atoms with Crippen molar-refractivity contribution >= 4 is 9.84 Å². The molecule has 1 aliphatic rings. The van der Waals surface area contributed by atoms with Crippen LogP contribution in [0, 0.1) is 0 Å². The second-order valence-corrected chi connectivity index (χ2v) is 5.69. The van der Waals surface area contributed by atoms with E-state index >= 15 is 0 Å². The second-order valence-electron chi connectivity index (χ2n) is 3.37. The summed E-state index contributed by atoms with van der Waals surface area (Å²) in [6, 6.07) is 0.230. The van der Waals surface area contributed by atoms with Crippen molar-refractivity contribution < 1.29 is 8.42 Å². The van der Waals surface area contributed by atoms with E-state index in [9.17, 15) is 8.42 Å². The lowest BCUT2D eigenvalue weighted by atomic mass is 9.96. The van der Waals surface area contributed by atoms with Crippen molar-refractivity contribution in [3.8, 4) is 0 Å². The Bertz CT molecular complexity index is 215. The van der Waals surface area contributed by atoms with E-state index in [1.807, 2.05) is 0 Å². The Balaban J connectivity index is 2.53. The zero-order valence-corrected chi connectivity index (χ0v) is 7.60. The molecule has 0 bridgehead atoms. The minimum absolute atomic E-state index is 0.123. The highest BCUT2D eigenvalue weighted by atomic mass is 32.2. The molecule has 1 saturated carbocycles. The normalized spacial score (nSPS) is 33.6. The highest BCUT2D eigenvalue weighted by Crippen LogP contribution is 2.22. The summed E-state index contributed by atoms with van der Waals surface area (Å²) in [7, 11) is -2.80. The Hall–Kier alpha value is -0.0900. The first-order chi connectivity index (χ1) is 5.00. The van der Waals surface area contributed by atoms with Crippen molar-refractivity contribution in [2.75, 3.05) is 6.26 Å². The Morgan fingerprint density at radius 1 is 1.18 bits per heavy atom. The van der Waals surface area contributed by atoms with Crippen molar-refractivity contribution in [3.63, 3.8) is 0 Å². The van der Waals surface area contributed by atoms with Crippen LogP contribution in [-0.4, -0.2) is 26.0 Å². The lowest BCUT2D eigenvalue weighted by Crippen LogP contribution is -2.32. The first-order valence-electron chi connectivity index (χ1n) is 3.94. The molecular formula is C7H15NO2S. The van der Waals surface area contributed by atoms with Crippen LogP contribution in [-0.2, 0) is 9.84 Å². The van der Waals surface area contributed by atoms with Crippen LogP contribution in [0.25, 0.3) is 0 Å². The molecule has 0 aromatic carbocycles. The van der Waals surface area contributed by atoms with Gasteiger partial charge in [-0.3, -0.25) is 0 Å². The second kappa shape index (κ2) is 3.11. The largest absolute Gasteiger partial charge is 0.328 e. The van der Waals surface area contributed by atoms with Crippen LogP contribution in [0.2, 0.25) is 0 Å². The molecule has 4 heteroatoms. The monoisotopic (exact) mass is 177 g/mol. The van der Waals surface area contributed by atoms with Gasteiger partial charge in [-0.2, -0.15) is 0 Å². The molecule has 0 amide bonds. The van der Waals surface area contributed by atoms with Crippen LogP contribution in [0.4, 0.5) is 0 Å². The van der Waals surface area contributed by atoms with E-state index in [1.165, 1.54) is 6.26 Å². The molecule has 11 heavy (non-hydrogen) atoms. The fraction of sp³-hybridized carbons (Fsp3) is 1.00. The van der Waals surface area contributed by atoms with Gasteiger partial charge in [0, 0.05) is 12.3 Å². The predicted molar refractivity (Wildman–Crippen MR) is 45.1 cm³/mol. The summed E-state index contributed by atoms with van der Waals surface area (Å²) in [4.78, 5) is 0. The molecule has 66 valence electrons. The van der Waals surface area contributed by atoms with E-state index in [1.54, 1.807) is 0 Å². The molecule has 2 N–H and O–H groups in total. The van der Waals surface area contributed by atoms with Gasteiger partial charge in [-0.25, -0.2) is 8.42 Å². The lowest BCUT2D eigenvalue weighted by Gasteiger charge is -2.24. The van der Waals surface area contributed by atoms with E-state index in [4.69, 9.17) is 5.73 Å². The Morgan fingerprint density at radius 2 is 1.64 bits per heavy atom. The molecule has 0 radical (unpaired) electrons. The van der Waals surface area contributed by atoms with Gasteiger partial charge >= 0.3 is 0 Å². The third kappa shape index (κ3) is 2.45. The molecule has 0 aromatic heterocycles. The zero-order valence-electron chi connectivity index (χ0n) is 6.79. The average molecular weight is 177 g/mol. The molecule has 0 saturated heterocycles. The van der Waals surface area contributed by atoms with Gasteiger partial charge in [0.05, 0.1) is 5.25 Å². The van der Waals surface area contributed by atoms with Gasteiger partial charge in [0.25, 0.3) is 0 Å². The first-order valence-corrected chi connectivity index (χ1v) is 5.90. The lowest BCUT2D eigenvalue weighted by molar-refractivity contribution is 0.435. The Morgan fingerprint density at radius 3 is 2.00 bits per heavy atom. The quantitative estimate of drug-likeness (QED) is 0.626.